The molecule has 1 rings (SSSR count). The fourth-order valence-electron chi connectivity index (χ4n) is 1.20. The van der Waals surface area contributed by atoms with Gasteiger partial charge in [0.1, 0.15) is 11.9 Å². The molecule has 0 spiro atoms. The zero-order valence-electron chi connectivity index (χ0n) is 8.92. The standard InChI is InChI=1S/C10H10ClNO5/c1-6(4-10(13)14)17-9-3-2-7(12(15)16)5-8(9)11/h2-3,5-6H,4H2,1H3,(H,13,14)/t6-/m1/s1. The molecule has 0 aliphatic rings. The van der Waals surface area contributed by atoms with E-state index in [0.717, 1.165) is 6.07 Å². The van der Waals surface area contributed by atoms with Crippen molar-refractivity contribution in [2.45, 2.75) is 19.4 Å². The minimum atomic E-state index is -0.990. The van der Waals surface area contributed by atoms with Gasteiger partial charge < -0.3 is 9.84 Å². The summed E-state index contributed by atoms with van der Waals surface area (Å²) in [6.45, 7) is 1.58. The third kappa shape index (κ3) is 3.92. The van der Waals surface area contributed by atoms with Crippen molar-refractivity contribution in [3.8, 4) is 5.75 Å². The van der Waals surface area contributed by atoms with Crippen molar-refractivity contribution >= 4 is 23.3 Å². The van der Waals surface area contributed by atoms with E-state index in [-0.39, 0.29) is 22.9 Å². The van der Waals surface area contributed by atoms with Gasteiger partial charge in [-0.25, -0.2) is 0 Å². The van der Waals surface area contributed by atoms with Gasteiger partial charge in [0, 0.05) is 12.1 Å². The molecule has 0 radical (unpaired) electrons. The summed E-state index contributed by atoms with van der Waals surface area (Å²) < 4.78 is 5.26. The zero-order chi connectivity index (χ0) is 13.0. The van der Waals surface area contributed by atoms with Gasteiger partial charge in [-0.05, 0) is 13.0 Å². The molecule has 92 valence electrons. The van der Waals surface area contributed by atoms with Crippen LogP contribution in [0.15, 0.2) is 18.2 Å². The Labute approximate surface area is 102 Å². The summed E-state index contributed by atoms with van der Waals surface area (Å²) in [6.07, 6.45) is -0.737. The van der Waals surface area contributed by atoms with E-state index in [0.29, 0.717) is 0 Å². The first-order chi connectivity index (χ1) is 7.90. The summed E-state index contributed by atoms with van der Waals surface area (Å²) in [7, 11) is 0. The van der Waals surface area contributed by atoms with Crippen molar-refractivity contribution in [3.05, 3.63) is 33.3 Å². The van der Waals surface area contributed by atoms with Crippen LogP contribution in [-0.4, -0.2) is 22.1 Å². The second-order valence-electron chi connectivity index (χ2n) is 3.40. The van der Waals surface area contributed by atoms with Gasteiger partial charge in [-0.3, -0.25) is 14.9 Å². The van der Waals surface area contributed by atoms with Crippen LogP contribution in [0, 0.1) is 10.1 Å². The minimum Gasteiger partial charge on any atom is -0.489 e. The van der Waals surface area contributed by atoms with Crippen LogP contribution >= 0.6 is 11.6 Å². The summed E-state index contributed by atoms with van der Waals surface area (Å²) >= 11 is 5.78. The molecule has 0 saturated heterocycles. The first-order valence-corrected chi connectivity index (χ1v) is 5.10. The monoisotopic (exact) mass is 259 g/mol. The highest BCUT2D eigenvalue weighted by Crippen LogP contribution is 2.29. The van der Waals surface area contributed by atoms with Gasteiger partial charge in [0.25, 0.3) is 5.69 Å². The Bertz CT molecular complexity index is 448. The smallest absolute Gasteiger partial charge is 0.307 e. The Morgan fingerprint density at radius 2 is 2.29 bits per heavy atom. The highest BCUT2D eigenvalue weighted by atomic mass is 35.5. The maximum absolute atomic E-state index is 10.5. The lowest BCUT2D eigenvalue weighted by Gasteiger charge is -2.13. The van der Waals surface area contributed by atoms with Gasteiger partial charge in [0.05, 0.1) is 16.4 Å². The molecular weight excluding hydrogens is 250 g/mol. The number of non-ortho nitro benzene ring substituents is 1. The van der Waals surface area contributed by atoms with Crippen LogP contribution < -0.4 is 4.74 Å². The fourth-order valence-corrected chi connectivity index (χ4v) is 1.42. The number of carboxylic acid groups (broad SMARTS) is 1. The summed E-state index contributed by atoms with van der Waals surface area (Å²) in [5.74, 6) is -0.762. The molecule has 0 fully saturated rings. The van der Waals surface area contributed by atoms with E-state index in [1.165, 1.54) is 12.1 Å². The third-order valence-electron chi connectivity index (χ3n) is 1.92. The van der Waals surface area contributed by atoms with E-state index in [2.05, 4.69) is 0 Å². The number of carbonyl (C=O) groups is 1. The SMILES string of the molecule is C[C@H](CC(=O)O)Oc1ccc([N+](=O)[O-])cc1Cl. The van der Waals surface area contributed by atoms with E-state index in [4.69, 9.17) is 21.4 Å². The van der Waals surface area contributed by atoms with Crippen molar-refractivity contribution in [1.29, 1.82) is 0 Å². The molecule has 0 heterocycles. The Balaban J connectivity index is 2.79. The van der Waals surface area contributed by atoms with E-state index < -0.39 is 17.0 Å². The summed E-state index contributed by atoms with van der Waals surface area (Å²) in [6, 6.07) is 3.75. The van der Waals surface area contributed by atoms with Crippen LogP contribution in [0.1, 0.15) is 13.3 Å². The molecular formula is C10H10ClNO5. The molecule has 1 aromatic rings. The van der Waals surface area contributed by atoms with Crippen molar-refractivity contribution in [1.82, 2.24) is 0 Å². The number of hydrogen-bond acceptors (Lipinski definition) is 4. The van der Waals surface area contributed by atoms with Crippen LogP contribution in [0.2, 0.25) is 5.02 Å². The largest absolute Gasteiger partial charge is 0.489 e. The lowest BCUT2D eigenvalue weighted by atomic mass is 10.2. The molecule has 0 unspecified atom stereocenters. The highest BCUT2D eigenvalue weighted by Gasteiger charge is 2.14. The Kier molecular flexibility index (Phi) is 4.28. The van der Waals surface area contributed by atoms with Gasteiger partial charge in [-0.1, -0.05) is 11.6 Å². The number of hydrogen-bond donors (Lipinski definition) is 1. The average Bonchev–Trinajstić information content (AvgIpc) is 2.19. The quantitative estimate of drug-likeness (QED) is 0.648. The lowest BCUT2D eigenvalue weighted by Crippen LogP contribution is -2.16. The Morgan fingerprint density at radius 3 is 2.76 bits per heavy atom. The third-order valence-corrected chi connectivity index (χ3v) is 2.21. The van der Waals surface area contributed by atoms with Crippen LogP contribution in [-0.2, 0) is 4.79 Å². The Hall–Kier alpha value is -1.82. The minimum absolute atomic E-state index is 0.0800. The van der Waals surface area contributed by atoms with Crippen molar-refractivity contribution in [2.75, 3.05) is 0 Å². The molecule has 1 aromatic carbocycles. The van der Waals surface area contributed by atoms with Gasteiger partial charge in [0.15, 0.2) is 0 Å². The summed E-state index contributed by atoms with van der Waals surface area (Å²) in [5, 5.41) is 19.1. The number of halogens is 1. The number of rotatable bonds is 5. The first kappa shape index (κ1) is 13.2. The van der Waals surface area contributed by atoms with Gasteiger partial charge in [-0.2, -0.15) is 0 Å². The second-order valence-corrected chi connectivity index (χ2v) is 3.81. The van der Waals surface area contributed by atoms with E-state index in [1.807, 2.05) is 0 Å². The van der Waals surface area contributed by atoms with Crippen LogP contribution in [0.3, 0.4) is 0 Å². The predicted octanol–water partition coefficient (Wildman–Crippen LogP) is 2.49. The van der Waals surface area contributed by atoms with Gasteiger partial charge >= 0.3 is 5.97 Å². The molecule has 0 aromatic heterocycles. The Morgan fingerprint density at radius 1 is 1.65 bits per heavy atom. The predicted molar refractivity (Wildman–Crippen MR) is 60.4 cm³/mol. The fraction of sp³-hybridized carbons (Fsp3) is 0.300. The molecule has 6 nitrogen and oxygen atoms in total. The van der Waals surface area contributed by atoms with Gasteiger partial charge in [0.2, 0.25) is 0 Å². The molecule has 0 bridgehead atoms. The van der Waals surface area contributed by atoms with Crippen LogP contribution in [0.4, 0.5) is 5.69 Å². The number of aliphatic carboxylic acids is 1. The molecule has 1 N–H and O–H groups in total. The van der Waals surface area contributed by atoms with E-state index in [9.17, 15) is 14.9 Å². The summed E-state index contributed by atoms with van der Waals surface area (Å²) in [5.41, 5.74) is -0.145. The molecule has 1 atom stereocenters. The molecule has 0 aliphatic heterocycles. The number of ether oxygens (including phenoxy) is 1. The van der Waals surface area contributed by atoms with Crippen LogP contribution in [0.25, 0.3) is 0 Å². The van der Waals surface area contributed by atoms with Crippen molar-refractivity contribution in [3.63, 3.8) is 0 Å². The molecule has 0 saturated carbocycles. The lowest BCUT2D eigenvalue weighted by molar-refractivity contribution is -0.384. The van der Waals surface area contributed by atoms with Gasteiger partial charge in [-0.15, -0.1) is 0 Å². The van der Waals surface area contributed by atoms with Crippen molar-refractivity contribution < 1.29 is 19.6 Å². The molecule has 17 heavy (non-hydrogen) atoms. The maximum Gasteiger partial charge on any atom is 0.307 e. The topological polar surface area (TPSA) is 89.7 Å². The molecule has 0 amide bonds. The zero-order valence-corrected chi connectivity index (χ0v) is 9.68. The number of nitro benzene ring substituents is 1. The average molecular weight is 260 g/mol. The van der Waals surface area contributed by atoms with E-state index >= 15 is 0 Å². The first-order valence-electron chi connectivity index (χ1n) is 4.72. The number of nitrogens with zero attached hydrogens (tertiary/aromatic N) is 1. The number of carboxylic acids is 1. The van der Waals surface area contributed by atoms with E-state index in [1.54, 1.807) is 6.92 Å². The molecule has 0 aliphatic carbocycles. The molecule has 7 heteroatoms. The number of nitro groups is 1. The normalized spacial score (nSPS) is 11.9. The number of benzene rings is 1. The summed E-state index contributed by atoms with van der Waals surface area (Å²) in [4.78, 5) is 20.3. The maximum atomic E-state index is 10.5. The van der Waals surface area contributed by atoms with Crippen molar-refractivity contribution in [2.24, 2.45) is 0 Å². The van der Waals surface area contributed by atoms with Crippen LogP contribution in [0.5, 0.6) is 5.75 Å². The second kappa shape index (κ2) is 5.49. The highest BCUT2D eigenvalue weighted by molar-refractivity contribution is 6.32.